The summed E-state index contributed by atoms with van der Waals surface area (Å²) in [6.45, 7) is 5.64. The molecule has 0 fully saturated rings. The Morgan fingerprint density at radius 3 is 1.89 bits per heavy atom. The first kappa shape index (κ1) is 25.6. The maximum absolute atomic E-state index is 12.3. The van der Waals surface area contributed by atoms with Gasteiger partial charge < -0.3 is 10.4 Å². The zero-order chi connectivity index (χ0) is 20.3. The van der Waals surface area contributed by atoms with E-state index >= 15 is 0 Å². The largest absolute Gasteiger partial charge is 0.391 e. The number of nitrogens with one attached hydrogen (secondary N) is 1. The normalized spacial score (nSPS) is 13.9. The topological polar surface area (TPSA) is 66.4 Å². The van der Waals surface area contributed by atoms with Gasteiger partial charge in [-0.25, -0.2) is 0 Å². The second kappa shape index (κ2) is 18.0. The number of carbonyl (C=O) groups is 2. The van der Waals surface area contributed by atoms with Gasteiger partial charge in [-0.05, 0) is 20.3 Å². The number of unbranched alkanes of at least 4 members (excludes halogenated alkanes) is 10. The number of ketones is 1. The standard InChI is InChI=1S/C23H41NO3/c1-4-6-8-9-10-11-12-13-14-15-17-18-21(26)23(20(3)25)24-22(27)19-16-7-5-2/h5,7,16,19-20,23,25H,4,6,8-15,17-18H2,1-3H3,(H,24,27)/b7-5+,19-16+/t20-,23+/m1/s1. The maximum atomic E-state index is 12.3. The molecule has 0 aromatic carbocycles. The first-order valence-corrected chi connectivity index (χ1v) is 10.8. The number of amides is 1. The number of aliphatic hydroxyl groups excluding tert-OH is 1. The molecule has 0 spiro atoms. The Morgan fingerprint density at radius 2 is 1.41 bits per heavy atom. The molecule has 0 heterocycles. The van der Waals surface area contributed by atoms with Crippen molar-refractivity contribution in [2.45, 2.75) is 110 Å². The van der Waals surface area contributed by atoms with E-state index in [4.69, 9.17) is 0 Å². The van der Waals surface area contributed by atoms with Crippen LogP contribution in [0.25, 0.3) is 0 Å². The van der Waals surface area contributed by atoms with Crippen LogP contribution in [0.5, 0.6) is 0 Å². The molecular formula is C23H41NO3. The lowest BCUT2D eigenvalue weighted by Gasteiger charge is -2.19. The lowest BCUT2D eigenvalue weighted by Crippen LogP contribution is -2.47. The smallest absolute Gasteiger partial charge is 0.244 e. The quantitative estimate of drug-likeness (QED) is 0.206. The molecule has 2 N–H and O–H groups in total. The molecule has 0 aromatic heterocycles. The van der Waals surface area contributed by atoms with E-state index in [1.165, 1.54) is 57.4 Å². The van der Waals surface area contributed by atoms with E-state index in [9.17, 15) is 14.7 Å². The van der Waals surface area contributed by atoms with E-state index in [0.29, 0.717) is 6.42 Å². The van der Waals surface area contributed by atoms with Crippen molar-refractivity contribution in [1.29, 1.82) is 0 Å². The molecule has 0 saturated carbocycles. The molecule has 0 bridgehead atoms. The van der Waals surface area contributed by atoms with Gasteiger partial charge in [0.2, 0.25) is 5.91 Å². The predicted octanol–water partition coefficient (Wildman–Crippen LogP) is 5.25. The van der Waals surface area contributed by atoms with Gasteiger partial charge in [0.05, 0.1) is 6.10 Å². The molecule has 156 valence electrons. The Labute approximate surface area is 166 Å². The molecule has 0 aliphatic rings. The second-order valence-corrected chi connectivity index (χ2v) is 7.36. The molecular weight excluding hydrogens is 338 g/mol. The molecule has 0 unspecified atom stereocenters. The van der Waals surface area contributed by atoms with Gasteiger partial charge in [-0.15, -0.1) is 0 Å². The van der Waals surface area contributed by atoms with Crippen LogP contribution in [0.15, 0.2) is 24.3 Å². The average Bonchev–Trinajstić information content (AvgIpc) is 2.64. The Hall–Kier alpha value is -1.42. The number of allylic oxidation sites excluding steroid dienone is 3. The first-order valence-electron chi connectivity index (χ1n) is 10.8. The highest BCUT2D eigenvalue weighted by Crippen LogP contribution is 2.12. The summed E-state index contributed by atoms with van der Waals surface area (Å²) in [7, 11) is 0. The molecule has 2 atom stereocenters. The van der Waals surface area contributed by atoms with Gasteiger partial charge in [-0.2, -0.15) is 0 Å². The highest BCUT2D eigenvalue weighted by atomic mass is 16.3. The van der Waals surface area contributed by atoms with Crippen LogP contribution in [0.4, 0.5) is 0 Å². The fourth-order valence-corrected chi connectivity index (χ4v) is 3.04. The molecule has 0 rings (SSSR count). The minimum absolute atomic E-state index is 0.0892. The van der Waals surface area contributed by atoms with Crippen molar-refractivity contribution in [1.82, 2.24) is 5.32 Å². The highest BCUT2D eigenvalue weighted by molar-refractivity contribution is 5.94. The molecule has 0 saturated heterocycles. The highest BCUT2D eigenvalue weighted by Gasteiger charge is 2.24. The van der Waals surface area contributed by atoms with Crippen molar-refractivity contribution < 1.29 is 14.7 Å². The first-order chi connectivity index (χ1) is 13.0. The Balaban J connectivity index is 3.87. The van der Waals surface area contributed by atoms with Crippen LogP contribution < -0.4 is 5.32 Å². The number of hydrogen-bond acceptors (Lipinski definition) is 3. The van der Waals surface area contributed by atoms with Crippen LogP contribution in [0.2, 0.25) is 0 Å². The zero-order valence-electron chi connectivity index (χ0n) is 17.7. The van der Waals surface area contributed by atoms with Gasteiger partial charge in [0.15, 0.2) is 5.78 Å². The fourth-order valence-electron chi connectivity index (χ4n) is 3.04. The van der Waals surface area contributed by atoms with E-state index in [1.54, 1.807) is 19.1 Å². The van der Waals surface area contributed by atoms with E-state index in [0.717, 1.165) is 19.3 Å². The number of Topliss-reactive ketones (excluding diaryl/α,β-unsaturated/α-hetero) is 1. The molecule has 0 aliphatic carbocycles. The van der Waals surface area contributed by atoms with Gasteiger partial charge in [0.1, 0.15) is 6.04 Å². The minimum atomic E-state index is -0.885. The lowest BCUT2D eigenvalue weighted by atomic mass is 10.0. The van der Waals surface area contributed by atoms with Gasteiger partial charge in [0, 0.05) is 12.5 Å². The Morgan fingerprint density at radius 1 is 0.889 bits per heavy atom. The van der Waals surface area contributed by atoms with Gasteiger partial charge >= 0.3 is 0 Å². The average molecular weight is 380 g/mol. The van der Waals surface area contributed by atoms with Crippen LogP contribution in [0.3, 0.4) is 0 Å². The fraction of sp³-hybridized carbons (Fsp3) is 0.739. The molecule has 0 aromatic rings. The van der Waals surface area contributed by atoms with E-state index in [1.807, 2.05) is 13.0 Å². The van der Waals surface area contributed by atoms with Crippen molar-refractivity contribution in [3.05, 3.63) is 24.3 Å². The SMILES string of the molecule is C/C=C/C=C/C(=O)N[C@H](C(=O)CCCCCCCCCCCCC)[C@@H](C)O. The summed E-state index contributed by atoms with van der Waals surface area (Å²) in [5, 5.41) is 12.4. The maximum Gasteiger partial charge on any atom is 0.244 e. The van der Waals surface area contributed by atoms with Crippen molar-refractivity contribution in [3.63, 3.8) is 0 Å². The Kier molecular flexibility index (Phi) is 17.0. The van der Waals surface area contributed by atoms with Gasteiger partial charge in [-0.1, -0.05) is 89.4 Å². The molecule has 0 radical (unpaired) electrons. The number of aliphatic hydroxyl groups is 1. The second-order valence-electron chi connectivity index (χ2n) is 7.36. The van der Waals surface area contributed by atoms with Gasteiger partial charge in [-0.3, -0.25) is 9.59 Å². The summed E-state index contributed by atoms with van der Waals surface area (Å²) >= 11 is 0. The van der Waals surface area contributed by atoms with Crippen molar-refractivity contribution in [2.75, 3.05) is 0 Å². The number of hydrogen-bond donors (Lipinski definition) is 2. The van der Waals surface area contributed by atoms with Gasteiger partial charge in [0.25, 0.3) is 0 Å². The van der Waals surface area contributed by atoms with Crippen LogP contribution >= 0.6 is 0 Å². The van der Waals surface area contributed by atoms with Crippen LogP contribution in [-0.4, -0.2) is 28.9 Å². The third-order valence-corrected chi connectivity index (χ3v) is 4.70. The van der Waals surface area contributed by atoms with Crippen LogP contribution in [0.1, 0.15) is 97.8 Å². The molecule has 1 amide bonds. The minimum Gasteiger partial charge on any atom is -0.391 e. The van der Waals surface area contributed by atoms with E-state index in [-0.39, 0.29) is 11.7 Å². The third kappa shape index (κ3) is 15.3. The summed E-state index contributed by atoms with van der Waals surface area (Å²) in [5.41, 5.74) is 0. The predicted molar refractivity (Wildman–Crippen MR) is 114 cm³/mol. The summed E-state index contributed by atoms with van der Waals surface area (Å²) in [6.07, 6.45) is 19.6. The van der Waals surface area contributed by atoms with Crippen molar-refractivity contribution >= 4 is 11.7 Å². The zero-order valence-corrected chi connectivity index (χ0v) is 17.7. The van der Waals surface area contributed by atoms with Crippen molar-refractivity contribution in [3.8, 4) is 0 Å². The van der Waals surface area contributed by atoms with Crippen LogP contribution in [-0.2, 0) is 9.59 Å². The number of rotatable bonds is 17. The summed E-state index contributed by atoms with van der Waals surface area (Å²) < 4.78 is 0. The Bertz CT molecular complexity index is 441. The molecule has 4 nitrogen and oxygen atoms in total. The lowest BCUT2D eigenvalue weighted by molar-refractivity contribution is -0.128. The van der Waals surface area contributed by atoms with Crippen LogP contribution in [0, 0.1) is 0 Å². The summed E-state index contributed by atoms with van der Waals surface area (Å²) in [5.74, 6) is -0.444. The van der Waals surface area contributed by atoms with E-state index < -0.39 is 12.1 Å². The third-order valence-electron chi connectivity index (χ3n) is 4.70. The summed E-state index contributed by atoms with van der Waals surface area (Å²) in [4.78, 5) is 24.1. The molecule has 4 heteroatoms. The summed E-state index contributed by atoms with van der Waals surface area (Å²) in [6, 6.07) is -0.823. The number of carbonyl (C=O) groups excluding carboxylic acids is 2. The van der Waals surface area contributed by atoms with Crippen molar-refractivity contribution in [2.24, 2.45) is 0 Å². The molecule has 0 aliphatic heterocycles. The van der Waals surface area contributed by atoms with E-state index in [2.05, 4.69) is 12.2 Å². The molecule has 27 heavy (non-hydrogen) atoms. The monoisotopic (exact) mass is 379 g/mol.